The lowest BCUT2D eigenvalue weighted by atomic mass is 9.96. The van der Waals surface area contributed by atoms with Crippen molar-refractivity contribution in [3.63, 3.8) is 0 Å². The number of pyridine rings is 1. The number of nitrogens with zero attached hydrogens (tertiary/aromatic N) is 2. The maximum Gasteiger partial charge on any atom is 0.123 e. The second kappa shape index (κ2) is 7.23. The molecule has 0 atom stereocenters. The van der Waals surface area contributed by atoms with Crippen LogP contribution in [-0.2, 0) is 0 Å². The standard InChI is InChI=1S/C14H10N4S.C2H6/c1-8-3-2-4-9(5-8)12-10(6-15)13(17)18-14(19)11(12)7-16;1-2/h2-5H,1H3,(H3,17,18,19);1-2H3. The van der Waals surface area contributed by atoms with Crippen molar-refractivity contribution >= 4 is 18.0 Å². The monoisotopic (exact) mass is 296 g/mol. The first-order valence-corrected chi connectivity index (χ1v) is 6.92. The Morgan fingerprint density at radius 3 is 2.29 bits per heavy atom. The van der Waals surface area contributed by atoms with Gasteiger partial charge in [-0.25, -0.2) is 0 Å². The topological polar surface area (TPSA) is 89.4 Å². The van der Waals surface area contributed by atoms with Crippen molar-refractivity contribution in [3.8, 4) is 23.3 Å². The Bertz CT molecular complexity index is 791. The molecule has 0 spiro atoms. The number of nitrogen functional groups attached to an aromatic ring is 1. The van der Waals surface area contributed by atoms with Crippen LogP contribution in [0.15, 0.2) is 24.3 Å². The quantitative estimate of drug-likeness (QED) is 0.776. The van der Waals surface area contributed by atoms with Crippen LogP contribution in [-0.4, -0.2) is 4.98 Å². The lowest BCUT2D eigenvalue weighted by Crippen LogP contribution is -2.01. The predicted molar refractivity (Wildman–Crippen MR) is 87.0 cm³/mol. The summed E-state index contributed by atoms with van der Waals surface area (Å²) < 4.78 is 0.246. The molecule has 0 unspecified atom stereocenters. The molecular formula is C16H16N4S. The Morgan fingerprint density at radius 2 is 1.76 bits per heavy atom. The molecule has 0 aliphatic carbocycles. The van der Waals surface area contributed by atoms with Gasteiger partial charge in [0.25, 0.3) is 0 Å². The van der Waals surface area contributed by atoms with E-state index < -0.39 is 0 Å². The van der Waals surface area contributed by atoms with Crippen LogP contribution in [0.5, 0.6) is 0 Å². The fourth-order valence-corrected chi connectivity index (χ4v) is 2.19. The summed E-state index contributed by atoms with van der Waals surface area (Å²) in [5.41, 5.74) is 8.58. The fourth-order valence-electron chi connectivity index (χ4n) is 1.93. The Kier molecular flexibility index (Phi) is 5.66. The van der Waals surface area contributed by atoms with Crippen LogP contribution < -0.4 is 5.73 Å². The van der Waals surface area contributed by atoms with Crippen molar-refractivity contribution in [2.24, 2.45) is 0 Å². The van der Waals surface area contributed by atoms with E-state index in [2.05, 4.69) is 4.98 Å². The van der Waals surface area contributed by atoms with Crippen molar-refractivity contribution in [1.82, 2.24) is 4.98 Å². The number of nitriles is 2. The third-order valence-electron chi connectivity index (χ3n) is 2.77. The maximum atomic E-state index is 9.25. The van der Waals surface area contributed by atoms with Crippen molar-refractivity contribution in [1.29, 1.82) is 10.5 Å². The van der Waals surface area contributed by atoms with E-state index in [1.807, 2.05) is 57.2 Å². The van der Waals surface area contributed by atoms with E-state index in [1.165, 1.54) is 0 Å². The summed E-state index contributed by atoms with van der Waals surface area (Å²) in [6.07, 6.45) is 0. The third kappa shape index (κ3) is 3.28. The first kappa shape index (κ1) is 16.4. The summed E-state index contributed by atoms with van der Waals surface area (Å²) >= 11 is 5.10. The van der Waals surface area contributed by atoms with Crippen LogP contribution in [0, 0.1) is 34.2 Å². The van der Waals surface area contributed by atoms with E-state index in [0.29, 0.717) is 5.56 Å². The molecule has 1 heterocycles. The molecule has 0 radical (unpaired) electrons. The summed E-state index contributed by atoms with van der Waals surface area (Å²) in [7, 11) is 0. The average Bonchev–Trinajstić information content (AvgIpc) is 2.48. The summed E-state index contributed by atoms with van der Waals surface area (Å²) in [5.74, 6) is 0.183. The SMILES string of the molecule is CC.Cc1cccc(-c2c(C#N)c(N)[nH]c(=S)c2C#N)c1. The van der Waals surface area contributed by atoms with Gasteiger partial charge in [-0.1, -0.05) is 55.9 Å². The predicted octanol–water partition coefficient (Wildman–Crippen LogP) is 4.07. The molecule has 0 bridgehead atoms. The number of aromatic amines is 1. The molecule has 0 fully saturated rings. The lowest BCUT2D eigenvalue weighted by molar-refractivity contribution is 1.26. The molecule has 5 heteroatoms. The minimum absolute atomic E-state index is 0.183. The first-order chi connectivity index (χ1) is 10.1. The average molecular weight is 296 g/mol. The van der Waals surface area contributed by atoms with E-state index >= 15 is 0 Å². The van der Waals surface area contributed by atoms with Gasteiger partial charge in [-0.2, -0.15) is 10.5 Å². The molecule has 2 aromatic rings. The number of anilines is 1. The van der Waals surface area contributed by atoms with Gasteiger partial charge in [0.15, 0.2) is 0 Å². The van der Waals surface area contributed by atoms with Gasteiger partial charge in [-0.15, -0.1) is 0 Å². The molecule has 21 heavy (non-hydrogen) atoms. The van der Waals surface area contributed by atoms with Crippen LogP contribution in [0.1, 0.15) is 30.5 Å². The second-order valence-electron chi connectivity index (χ2n) is 4.09. The normalized spacial score (nSPS) is 9.00. The zero-order valence-corrected chi connectivity index (χ0v) is 13.0. The number of benzene rings is 1. The summed E-state index contributed by atoms with van der Waals surface area (Å²) in [4.78, 5) is 2.68. The Balaban J connectivity index is 0.00000106. The van der Waals surface area contributed by atoms with Crippen LogP contribution >= 0.6 is 12.2 Å². The Morgan fingerprint density at radius 1 is 1.14 bits per heavy atom. The maximum absolute atomic E-state index is 9.25. The highest BCUT2D eigenvalue weighted by Crippen LogP contribution is 2.30. The molecule has 1 aromatic heterocycles. The minimum Gasteiger partial charge on any atom is -0.384 e. The van der Waals surface area contributed by atoms with Crippen molar-refractivity contribution in [3.05, 3.63) is 45.6 Å². The second-order valence-corrected chi connectivity index (χ2v) is 4.49. The molecule has 106 valence electrons. The third-order valence-corrected chi connectivity index (χ3v) is 3.08. The molecule has 0 aliphatic heterocycles. The minimum atomic E-state index is 0.183. The highest BCUT2D eigenvalue weighted by atomic mass is 32.1. The molecule has 0 aliphatic rings. The summed E-state index contributed by atoms with van der Waals surface area (Å²) in [6, 6.07) is 11.6. The molecule has 0 amide bonds. The number of nitrogens with one attached hydrogen (secondary N) is 1. The highest BCUT2D eigenvalue weighted by molar-refractivity contribution is 7.71. The number of hydrogen-bond donors (Lipinski definition) is 2. The van der Waals surface area contributed by atoms with E-state index in [4.69, 9.17) is 18.0 Å². The molecule has 0 saturated heterocycles. The van der Waals surface area contributed by atoms with Gasteiger partial charge in [0, 0.05) is 5.56 Å². The molecular weight excluding hydrogens is 280 g/mol. The van der Waals surface area contributed by atoms with E-state index in [-0.39, 0.29) is 21.6 Å². The van der Waals surface area contributed by atoms with Gasteiger partial charge in [0.1, 0.15) is 28.2 Å². The number of H-pyrrole nitrogens is 1. The first-order valence-electron chi connectivity index (χ1n) is 6.51. The van der Waals surface area contributed by atoms with Crippen LogP contribution in [0.25, 0.3) is 11.1 Å². The molecule has 4 nitrogen and oxygen atoms in total. The largest absolute Gasteiger partial charge is 0.384 e. The Hall–Kier alpha value is -2.63. The van der Waals surface area contributed by atoms with Crippen LogP contribution in [0.2, 0.25) is 0 Å². The zero-order chi connectivity index (χ0) is 16.0. The van der Waals surface area contributed by atoms with E-state index in [1.54, 1.807) is 0 Å². The van der Waals surface area contributed by atoms with Gasteiger partial charge >= 0.3 is 0 Å². The molecule has 0 saturated carbocycles. The van der Waals surface area contributed by atoms with Crippen molar-refractivity contribution in [2.45, 2.75) is 20.8 Å². The van der Waals surface area contributed by atoms with Gasteiger partial charge in [0.05, 0.1) is 5.56 Å². The number of rotatable bonds is 1. The number of nitrogens with two attached hydrogens (primary N) is 1. The zero-order valence-electron chi connectivity index (χ0n) is 12.2. The fraction of sp³-hybridized carbons (Fsp3) is 0.188. The Labute approximate surface area is 129 Å². The molecule has 1 aromatic carbocycles. The van der Waals surface area contributed by atoms with Crippen molar-refractivity contribution in [2.75, 3.05) is 5.73 Å². The number of aryl methyl sites for hydroxylation is 1. The summed E-state index contributed by atoms with van der Waals surface area (Å²) in [5, 5.41) is 18.5. The van der Waals surface area contributed by atoms with Crippen molar-refractivity contribution < 1.29 is 0 Å². The lowest BCUT2D eigenvalue weighted by Gasteiger charge is -2.10. The highest BCUT2D eigenvalue weighted by Gasteiger charge is 2.16. The van der Waals surface area contributed by atoms with Crippen LogP contribution in [0.3, 0.4) is 0 Å². The van der Waals surface area contributed by atoms with Gasteiger partial charge in [-0.05, 0) is 12.5 Å². The van der Waals surface area contributed by atoms with Gasteiger partial charge in [0.2, 0.25) is 0 Å². The van der Waals surface area contributed by atoms with Gasteiger partial charge in [-0.3, -0.25) is 0 Å². The number of hydrogen-bond acceptors (Lipinski definition) is 4. The van der Waals surface area contributed by atoms with E-state index in [9.17, 15) is 10.5 Å². The number of aromatic nitrogens is 1. The van der Waals surface area contributed by atoms with E-state index in [0.717, 1.165) is 11.1 Å². The molecule has 3 N–H and O–H groups in total. The molecule has 2 rings (SSSR count). The summed E-state index contributed by atoms with van der Waals surface area (Å²) in [6.45, 7) is 5.94. The van der Waals surface area contributed by atoms with Gasteiger partial charge < -0.3 is 10.7 Å². The smallest absolute Gasteiger partial charge is 0.123 e. The van der Waals surface area contributed by atoms with Crippen LogP contribution in [0.4, 0.5) is 5.82 Å².